The molecule has 0 bridgehead atoms. The molecule has 3 nitrogen and oxygen atoms in total. The zero-order chi connectivity index (χ0) is 9.97. The average molecular weight is 191 g/mol. The van der Waals surface area contributed by atoms with Gasteiger partial charge in [-0.05, 0) is 37.8 Å². The van der Waals surface area contributed by atoms with E-state index in [1.54, 1.807) is 0 Å². The standard InChI is InChI=1S/C11H17N3/c1-8-3-2-4-11(13-8)14-10(7-12)9-5-6-9/h2-4,9-10H,5-7,12H2,1H3,(H,13,14). The summed E-state index contributed by atoms with van der Waals surface area (Å²) in [6.45, 7) is 2.69. The molecular weight excluding hydrogens is 174 g/mol. The van der Waals surface area contributed by atoms with Gasteiger partial charge in [-0.1, -0.05) is 6.07 Å². The third-order valence-corrected chi connectivity index (χ3v) is 2.67. The summed E-state index contributed by atoms with van der Waals surface area (Å²) in [6, 6.07) is 6.42. The Morgan fingerprint density at radius 2 is 2.36 bits per heavy atom. The van der Waals surface area contributed by atoms with E-state index in [0.29, 0.717) is 12.6 Å². The van der Waals surface area contributed by atoms with Gasteiger partial charge in [0, 0.05) is 18.3 Å². The highest BCUT2D eigenvalue weighted by molar-refractivity contribution is 5.37. The van der Waals surface area contributed by atoms with Crippen LogP contribution in [-0.2, 0) is 0 Å². The first-order valence-corrected chi connectivity index (χ1v) is 5.20. The van der Waals surface area contributed by atoms with Gasteiger partial charge in [-0.2, -0.15) is 0 Å². The molecule has 14 heavy (non-hydrogen) atoms. The summed E-state index contributed by atoms with van der Waals surface area (Å²) in [4.78, 5) is 4.40. The van der Waals surface area contributed by atoms with Gasteiger partial charge in [-0.15, -0.1) is 0 Å². The predicted molar refractivity (Wildman–Crippen MR) is 58.2 cm³/mol. The van der Waals surface area contributed by atoms with Gasteiger partial charge < -0.3 is 11.1 Å². The molecule has 3 N–H and O–H groups in total. The Morgan fingerprint density at radius 3 is 2.93 bits per heavy atom. The van der Waals surface area contributed by atoms with E-state index < -0.39 is 0 Å². The van der Waals surface area contributed by atoms with E-state index in [0.717, 1.165) is 17.4 Å². The van der Waals surface area contributed by atoms with Crippen LogP contribution in [0, 0.1) is 12.8 Å². The van der Waals surface area contributed by atoms with Crippen molar-refractivity contribution in [2.24, 2.45) is 11.7 Å². The van der Waals surface area contributed by atoms with Crippen molar-refractivity contribution in [2.45, 2.75) is 25.8 Å². The monoisotopic (exact) mass is 191 g/mol. The number of nitrogens with zero attached hydrogens (tertiary/aromatic N) is 1. The van der Waals surface area contributed by atoms with Gasteiger partial charge in [-0.25, -0.2) is 4.98 Å². The highest BCUT2D eigenvalue weighted by atomic mass is 15.0. The lowest BCUT2D eigenvalue weighted by Gasteiger charge is -2.16. The minimum atomic E-state index is 0.407. The van der Waals surface area contributed by atoms with E-state index in [-0.39, 0.29) is 0 Å². The minimum Gasteiger partial charge on any atom is -0.366 e. The number of nitrogens with two attached hydrogens (primary N) is 1. The molecule has 1 aliphatic rings. The molecule has 1 heterocycles. The van der Waals surface area contributed by atoms with Crippen LogP contribution in [0.2, 0.25) is 0 Å². The zero-order valence-corrected chi connectivity index (χ0v) is 8.53. The van der Waals surface area contributed by atoms with E-state index in [4.69, 9.17) is 5.73 Å². The SMILES string of the molecule is Cc1cccc(NC(CN)C2CC2)n1. The van der Waals surface area contributed by atoms with Crippen molar-refractivity contribution in [3.05, 3.63) is 23.9 Å². The second kappa shape index (κ2) is 3.96. The normalized spacial score (nSPS) is 17.9. The van der Waals surface area contributed by atoms with Gasteiger partial charge in [0.2, 0.25) is 0 Å². The van der Waals surface area contributed by atoms with Gasteiger partial charge in [0.1, 0.15) is 5.82 Å². The summed E-state index contributed by atoms with van der Waals surface area (Å²) in [5, 5.41) is 3.40. The molecule has 0 spiro atoms. The number of rotatable bonds is 4. The summed E-state index contributed by atoms with van der Waals surface area (Å²) in [5.74, 6) is 1.72. The fourth-order valence-electron chi connectivity index (χ4n) is 1.68. The number of hydrogen-bond acceptors (Lipinski definition) is 3. The van der Waals surface area contributed by atoms with Crippen LogP contribution in [0.4, 0.5) is 5.82 Å². The lowest BCUT2D eigenvalue weighted by molar-refractivity contribution is 0.642. The van der Waals surface area contributed by atoms with E-state index in [1.165, 1.54) is 12.8 Å². The van der Waals surface area contributed by atoms with Crippen molar-refractivity contribution in [3.63, 3.8) is 0 Å². The maximum Gasteiger partial charge on any atom is 0.126 e. The average Bonchev–Trinajstić information content (AvgIpc) is 2.97. The van der Waals surface area contributed by atoms with Gasteiger partial charge in [0.05, 0.1) is 0 Å². The topological polar surface area (TPSA) is 50.9 Å². The summed E-state index contributed by atoms with van der Waals surface area (Å²) < 4.78 is 0. The number of nitrogens with one attached hydrogen (secondary N) is 1. The van der Waals surface area contributed by atoms with Crippen LogP contribution in [0.1, 0.15) is 18.5 Å². The maximum atomic E-state index is 5.71. The Kier molecular flexibility index (Phi) is 2.68. The molecule has 76 valence electrons. The smallest absolute Gasteiger partial charge is 0.126 e. The van der Waals surface area contributed by atoms with Crippen molar-refractivity contribution < 1.29 is 0 Å². The first kappa shape index (κ1) is 9.46. The van der Waals surface area contributed by atoms with E-state index >= 15 is 0 Å². The molecule has 0 radical (unpaired) electrons. The number of aryl methyl sites for hydroxylation is 1. The van der Waals surface area contributed by atoms with E-state index in [2.05, 4.69) is 10.3 Å². The second-order valence-corrected chi connectivity index (χ2v) is 3.99. The Morgan fingerprint density at radius 1 is 1.57 bits per heavy atom. The summed E-state index contributed by atoms with van der Waals surface area (Å²) in [6.07, 6.45) is 2.61. The Bertz CT molecular complexity index is 307. The van der Waals surface area contributed by atoms with Crippen LogP contribution in [0.25, 0.3) is 0 Å². The highest BCUT2D eigenvalue weighted by Crippen LogP contribution is 2.33. The van der Waals surface area contributed by atoms with Crippen LogP contribution in [0.5, 0.6) is 0 Å². The Hall–Kier alpha value is -1.09. The highest BCUT2D eigenvalue weighted by Gasteiger charge is 2.30. The van der Waals surface area contributed by atoms with Crippen LogP contribution in [0.15, 0.2) is 18.2 Å². The first-order chi connectivity index (χ1) is 6.79. The number of aromatic nitrogens is 1. The minimum absolute atomic E-state index is 0.407. The molecular formula is C11H17N3. The van der Waals surface area contributed by atoms with Gasteiger partial charge >= 0.3 is 0 Å². The number of pyridine rings is 1. The molecule has 0 aromatic carbocycles. The van der Waals surface area contributed by atoms with Crippen molar-refractivity contribution >= 4 is 5.82 Å². The molecule has 1 fully saturated rings. The van der Waals surface area contributed by atoms with Crippen molar-refractivity contribution in [3.8, 4) is 0 Å². The van der Waals surface area contributed by atoms with E-state index in [9.17, 15) is 0 Å². The molecule has 1 aliphatic carbocycles. The number of anilines is 1. The fourth-order valence-corrected chi connectivity index (χ4v) is 1.68. The second-order valence-electron chi connectivity index (χ2n) is 3.99. The van der Waals surface area contributed by atoms with Crippen LogP contribution < -0.4 is 11.1 Å². The predicted octanol–water partition coefficient (Wildman–Crippen LogP) is 1.54. The molecule has 0 amide bonds. The maximum absolute atomic E-state index is 5.71. The molecule has 1 atom stereocenters. The Labute approximate surface area is 84.7 Å². The largest absolute Gasteiger partial charge is 0.366 e. The fraction of sp³-hybridized carbons (Fsp3) is 0.545. The van der Waals surface area contributed by atoms with Gasteiger partial charge in [0.25, 0.3) is 0 Å². The van der Waals surface area contributed by atoms with Crippen LogP contribution >= 0.6 is 0 Å². The van der Waals surface area contributed by atoms with E-state index in [1.807, 2.05) is 25.1 Å². The molecule has 1 saturated carbocycles. The molecule has 2 rings (SSSR count). The summed E-state index contributed by atoms with van der Waals surface area (Å²) in [5.41, 5.74) is 6.75. The molecule has 3 heteroatoms. The third kappa shape index (κ3) is 2.23. The van der Waals surface area contributed by atoms with Crippen molar-refractivity contribution in [2.75, 3.05) is 11.9 Å². The lowest BCUT2D eigenvalue weighted by Crippen LogP contribution is -2.31. The van der Waals surface area contributed by atoms with Crippen LogP contribution in [-0.4, -0.2) is 17.6 Å². The molecule has 0 aliphatic heterocycles. The molecule has 1 unspecified atom stereocenters. The molecule has 0 saturated heterocycles. The third-order valence-electron chi connectivity index (χ3n) is 2.67. The zero-order valence-electron chi connectivity index (χ0n) is 8.53. The van der Waals surface area contributed by atoms with Crippen molar-refractivity contribution in [1.29, 1.82) is 0 Å². The van der Waals surface area contributed by atoms with Gasteiger partial charge in [0.15, 0.2) is 0 Å². The van der Waals surface area contributed by atoms with Gasteiger partial charge in [-0.3, -0.25) is 0 Å². The first-order valence-electron chi connectivity index (χ1n) is 5.20. The molecule has 1 aromatic heterocycles. The quantitative estimate of drug-likeness (QED) is 0.759. The van der Waals surface area contributed by atoms with Crippen LogP contribution in [0.3, 0.4) is 0 Å². The lowest BCUT2D eigenvalue weighted by atomic mass is 10.2. The summed E-state index contributed by atoms with van der Waals surface area (Å²) >= 11 is 0. The molecule has 1 aromatic rings. The van der Waals surface area contributed by atoms with Crippen molar-refractivity contribution in [1.82, 2.24) is 4.98 Å². The number of hydrogen-bond donors (Lipinski definition) is 2. The Balaban J connectivity index is 2.01. The summed E-state index contributed by atoms with van der Waals surface area (Å²) in [7, 11) is 0.